The fourth-order valence-electron chi connectivity index (χ4n) is 4.50. The lowest BCUT2D eigenvalue weighted by Gasteiger charge is -2.36. The zero-order valence-electron chi connectivity index (χ0n) is 20.4. The van der Waals surface area contributed by atoms with Crippen molar-refractivity contribution in [2.75, 3.05) is 46.3 Å². The number of carbonyl (C=O) groups is 1. The van der Waals surface area contributed by atoms with Gasteiger partial charge >= 0.3 is 0 Å². The number of benzene rings is 3. The lowest BCUT2D eigenvalue weighted by Crippen LogP contribution is -2.40. The average molecular weight is 460 g/mol. The summed E-state index contributed by atoms with van der Waals surface area (Å²) in [5, 5.41) is 3.16. The number of nitrogens with one attached hydrogen (secondary N) is 1. The molecule has 1 heterocycles. The van der Waals surface area contributed by atoms with Gasteiger partial charge in [-0.2, -0.15) is 0 Å². The first-order chi connectivity index (χ1) is 16.5. The van der Waals surface area contributed by atoms with Gasteiger partial charge in [0.2, 0.25) is 0 Å². The van der Waals surface area contributed by atoms with E-state index in [1.54, 1.807) is 32.4 Å². The Labute approximate surface area is 202 Å². The summed E-state index contributed by atoms with van der Waals surface area (Å²) in [6.45, 7) is 2.32. The average Bonchev–Trinajstić information content (AvgIpc) is 2.88. The Hall–Kier alpha value is -3.51. The molecular weight excluding hydrogens is 426 g/mol. The Kier molecular flexibility index (Phi) is 7.38. The second kappa shape index (κ2) is 10.6. The van der Waals surface area contributed by atoms with E-state index in [4.69, 9.17) is 9.47 Å². The van der Waals surface area contributed by atoms with E-state index >= 15 is 0 Å². The maximum absolute atomic E-state index is 13.0. The number of rotatable bonds is 8. The second-order valence-corrected chi connectivity index (χ2v) is 8.77. The molecule has 0 bridgehead atoms. The van der Waals surface area contributed by atoms with Crippen LogP contribution in [0.2, 0.25) is 0 Å². The fourth-order valence-corrected chi connectivity index (χ4v) is 4.50. The van der Waals surface area contributed by atoms with Crippen LogP contribution in [0.3, 0.4) is 0 Å². The van der Waals surface area contributed by atoms with Gasteiger partial charge in [0, 0.05) is 45.0 Å². The standard InChI is InChI=1S/C28H33N3O3/c1-30(2)24-12-9-21(10-13-24)25(31-16-15-20-7-5-6-8-23(20)19-31)18-29-28(32)22-11-14-26(33-3)27(17-22)34-4/h5-14,17,25H,15-16,18-19H2,1-4H3,(H,29,32). The van der Waals surface area contributed by atoms with Crippen LogP contribution < -0.4 is 19.7 Å². The van der Waals surface area contributed by atoms with E-state index in [0.29, 0.717) is 23.6 Å². The largest absolute Gasteiger partial charge is 0.493 e. The van der Waals surface area contributed by atoms with E-state index in [1.807, 2.05) is 14.1 Å². The van der Waals surface area contributed by atoms with Gasteiger partial charge < -0.3 is 19.7 Å². The van der Waals surface area contributed by atoms with Gasteiger partial charge in [-0.25, -0.2) is 0 Å². The van der Waals surface area contributed by atoms with Crippen LogP contribution in [0.25, 0.3) is 0 Å². The molecule has 3 aromatic rings. The molecule has 0 saturated carbocycles. The summed E-state index contributed by atoms with van der Waals surface area (Å²) in [5.41, 5.74) is 5.66. The third-order valence-electron chi connectivity index (χ3n) is 6.50. The van der Waals surface area contributed by atoms with Crippen molar-refractivity contribution in [2.45, 2.75) is 19.0 Å². The molecule has 1 unspecified atom stereocenters. The molecule has 178 valence electrons. The van der Waals surface area contributed by atoms with Crippen molar-refractivity contribution >= 4 is 11.6 Å². The topological polar surface area (TPSA) is 54.0 Å². The molecule has 1 aliphatic heterocycles. The Balaban J connectivity index is 1.55. The van der Waals surface area contributed by atoms with Crippen LogP contribution in [-0.4, -0.2) is 52.2 Å². The van der Waals surface area contributed by atoms with Gasteiger partial charge in [0.1, 0.15) is 0 Å². The minimum atomic E-state index is -0.131. The molecule has 0 radical (unpaired) electrons. The molecule has 0 aliphatic carbocycles. The Bertz CT molecular complexity index is 1130. The number of hydrogen-bond donors (Lipinski definition) is 1. The van der Waals surface area contributed by atoms with E-state index in [0.717, 1.165) is 25.2 Å². The zero-order valence-corrected chi connectivity index (χ0v) is 20.4. The predicted molar refractivity (Wildman–Crippen MR) is 136 cm³/mol. The van der Waals surface area contributed by atoms with Crippen LogP contribution in [0.5, 0.6) is 11.5 Å². The SMILES string of the molecule is COc1ccc(C(=O)NCC(c2ccc(N(C)C)cc2)N2CCc3ccccc3C2)cc1OC. The number of hydrogen-bond acceptors (Lipinski definition) is 5. The first-order valence-corrected chi connectivity index (χ1v) is 11.6. The van der Waals surface area contributed by atoms with E-state index in [-0.39, 0.29) is 11.9 Å². The molecule has 0 aromatic heterocycles. The molecule has 0 spiro atoms. The summed E-state index contributed by atoms with van der Waals surface area (Å²) in [6.07, 6.45) is 1.01. The van der Waals surface area contributed by atoms with E-state index in [2.05, 4.69) is 63.6 Å². The number of nitrogens with zero attached hydrogens (tertiary/aromatic N) is 2. The van der Waals surface area contributed by atoms with Crippen LogP contribution in [-0.2, 0) is 13.0 Å². The van der Waals surface area contributed by atoms with E-state index in [1.165, 1.54) is 16.7 Å². The third-order valence-corrected chi connectivity index (χ3v) is 6.50. The molecule has 0 saturated heterocycles. The minimum Gasteiger partial charge on any atom is -0.493 e. The highest BCUT2D eigenvalue weighted by molar-refractivity contribution is 5.94. The molecule has 34 heavy (non-hydrogen) atoms. The van der Waals surface area contributed by atoms with Gasteiger partial charge in [-0.15, -0.1) is 0 Å². The monoisotopic (exact) mass is 459 g/mol. The molecule has 3 aromatic carbocycles. The number of anilines is 1. The molecule has 1 atom stereocenters. The maximum Gasteiger partial charge on any atom is 0.251 e. The van der Waals surface area contributed by atoms with Gasteiger partial charge in [-0.05, 0) is 53.4 Å². The summed E-state index contributed by atoms with van der Waals surface area (Å²) in [6, 6.07) is 22.5. The molecular formula is C28H33N3O3. The molecule has 6 nitrogen and oxygen atoms in total. The van der Waals surface area contributed by atoms with Gasteiger partial charge in [0.05, 0.1) is 20.3 Å². The number of ether oxygens (including phenoxy) is 2. The smallest absolute Gasteiger partial charge is 0.251 e. The predicted octanol–water partition coefficient (Wildman–Crippen LogP) is 4.30. The Morgan fingerprint density at radius 1 is 0.971 bits per heavy atom. The van der Waals surface area contributed by atoms with Gasteiger partial charge in [0.25, 0.3) is 5.91 Å². The van der Waals surface area contributed by atoms with Crippen molar-refractivity contribution in [3.05, 3.63) is 89.0 Å². The molecule has 1 aliphatic rings. The van der Waals surface area contributed by atoms with Crippen LogP contribution in [0.1, 0.15) is 33.1 Å². The number of amides is 1. The van der Waals surface area contributed by atoms with Crippen LogP contribution >= 0.6 is 0 Å². The van der Waals surface area contributed by atoms with Crippen molar-refractivity contribution in [3.8, 4) is 11.5 Å². The molecule has 1 N–H and O–H groups in total. The number of methoxy groups -OCH3 is 2. The first kappa shape index (κ1) is 23.6. The van der Waals surface area contributed by atoms with Crippen molar-refractivity contribution in [2.24, 2.45) is 0 Å². The highest BCUT2D eigenvalue weighted by Crippen LogP contribution is 2.30. The molecule has 1 amide bonds. The highest BCUT2D eigenvalue weighted by atomic mass is 16.5. The number of carbonyl (C=O) groups excluding carboxylic acids is 1. The number of fused-ring (bicyclic) bond motifs is 1. The molecule has 4 rings (SSSR count). The van der Waals surface area contributed by atoms with E-state index < -0.39 is 0 Å². The van der Waals surface area contributed by atoms with Crippen molar-refractivity contribution in [1.29, 1.82) is 0 Å². The lowest BCUT2D eigenvalue weighted by atomic mass is 9.96. The normalized spacial score (nSPS) is 14.1. The summed E-state index contributed by atoms with van der Waals surface area (Å²) < 4.78 is 10.7. The Morgan fingerprint density at radius 2 is 1.68 bits per heavy atom. The van der Waals surface area contributed by atoms with Gasteiger partial charge in [-0.1, -0.05) is 36.4 Å². The Morgan fingerprint density at radius 3 is 2.35 bits per heavy atom. The lowest BCUT2D eigenvalue weighted by molar-refractivity contribution is 0.0927. The quantitative estimate of drug-likeness (QED) is 0.544. The van der Waals surface area contributed by atoms with Crippen molar-refractivity contribution in [1.82, 2.24) is 10.2 Å². The second-order valence-electron chi connectivity index (χ2n) is 8.77. The van der Waals surface area contributed by atoms with Gasteiger partial charge in [-0.3, -0.25) is 9.69 Å². The van der Waals surface area contributed by atoms with Crippen LogP contribution in [0.15, 0.2) is 66.7 Å². The zero-order chi connectivity index (χ0) is 24.1. The first-order valence-electron chi connectivity index (χ1n) is 11.6. The molecule has 6 heteroatoms. The fraction of sp³-hybridized carbons (Fsp3) is 0.321. The summed E-state index contributed by atoms with van der Waals surface area (Å²) >= 11 is 0. The summed E-state index contributed by atoms with van der Waals surface area (Å²) in [5.74, 6) is 1.01. The van der Waals surface area contributed by atoms with Gasteiger partial charge in [0.15, 0.2) is 11.5 Å². The summed E-state index contributed by atoms with van der Waals surface area (Å²) in [7, 11) is 7.23. The van der Waals surface area contributed by atoms with E-state index in [9.17, 15) is 4.79 Å². The highest BCUT2D eigenvalue weighted by Gasteiger charge is 2.25. The van der Waals surface area contributed by atoms with Crippen molar-refractivity contribution < 1.29 is 14.3 Å². The third kappa shape index (κ3) is 5.18. The van der Waals surface area contributed by atoms with Crippen LogP contribution in [0.4, 0.5) is 5.69 Å². The minimum absolute atomic E-state index is 0.0636. The maximum atomic E-state index is 13.0. The summed E-state index contributed by atoms with van der Waals surface area (Å²) in [4.78, 5) is 17.6. The molecule has 0 fully saturated rings. The van der Waals surface area contributed by atoms with Crippen LogP contribution in [0, 0.1) is 0 Å². The van der Waals surface area contributed by atoms with Crippen molar-refractivity contribution in [3.63, 3.8) is 0 Å².